The Bertz CT molecular complexity index is 114. The lowest BCUT2D eigenvalue weighted by Crippen LogP contribution is -2.37. The highest BCUT2D eigenvalue weighted by Gasteiger charge is 2.08. The van der Waals surface area contributed by atoms with Gasteiger partial charge in [-0.25, -0.2) is 0 Å². The molecule has 0 aliphatic rings. The van der Waals surface area contributed by atoms with E-state index in [2.05, 4.69) is 19.2 Å². The molecule has 0 aromatic carbocycles. The van der Waals surface area contributed by atoms with Crippen LogP contribution in [0.25, 0.3) is 0 Å². The SMILES string of the molecule is CCCC(CCC)NCC(O)COC. The molecular formula is C11H25NO2. The van der Waals surface area contributed by atoms with Crippen molar-refractivity contribution in [3.8, 4) is 0 Å². The Hall–Kier alpha value is -0.120. The van der Waals surface area contributed by atoms with Gasteiger partial charge in [0, 0.05) is 19.7 Å². The van der Waals surface area contributed by atoms with Crippen LogP contribution in [0.15, 0.2) is 0 Å². The summed E-state index contributed by atoms with van der Waals surface area (Å²) in [5, 5.41) is 12.8. The average molecular weight is 203 g/mol. The minimum absolute atomic E-state index is 0.379. The molecule has 0 rings (SSSR count). The average Bonchev–Trinajstić information content (AvgIpc) is 2.15. The van der Waals surface area contributed by atoms with E-state index in [0.29, 0.717) is 19.2 Å². The van der Waals surface area contributed by atoms with Crippen LogP contribution in [0.4, 0.5) is 0 Å². The number of aliphatic hydroxyl groups is 1. The van der Waals surface area contributed by atoms with Crippen LogP contribution in [0.3, 0.4) is 0 Å². The molecule has 0 saturated carbocycles. The lowest BCUT2D eigenvalue weighted by Gasteiger charge is -2.19. The number of rotatable bonds is 9. The first-order valence-corrected chi connectivity index (χ1v) is 5.64. The van der Waals surface area contributed by atoms with E-state index >= 15 is 0 Å². The third-order valence-electron chi connectivity index (χ3n) is 2.28. The largest absolute Gasteiger partial charge is 0.389 e. The summed E-state index contributed by atoms with van der Waals surface area (Å²) in [4.78, 5) is 0. The molecule has 0 aromatic rings. The van der Waals surface area contributed by atoms with Crippen molar-refractivity contribution >= 4 is 0 Å². The van der Waals surface area contributed by atoms with E-state index in [0.717, 1.165) is 0 Å². The van der Waals surface area contributed by atoms with Gasteiger partial charge in [-0.2, -0.15) is 0 Å². The van der Waals surface area contributed by atoms with Crippen LogP contribution in [0.1, 0.15) is 39.5 Å². The van der Waals surface area contributed by atoms with Crippen molar-refractivity contribution in [3.63, 3.8) is 0 Å². The van der Waals surface area contributed by atoms with Gasteiger partial charge in [0.1, 0.15) is 0 Å². The Labute approximate surface area is 87.8 Å². The molecule has 0 amide bonds. The van der Waals surface area contributed by atoms with E-state index in [9.17, 15) is 5.11 Å². The second kappa shape index (κ2) is 9.44. The quantitative estimate of drug-likeness (QED) is 0.597. The second-order valence-corrected chi connectivity index (χ2v) is 3.79. The Morgan fingerprint density at radius 2 is 1.79 bits per heavy atom. The van der Waals surface area contributed by atoms with Crippen molar-refractivity contribution in [1.82, 2.24) is 5.32 Å². The molecule has 0 spiro atoms. The van der Waals surface area contributed by atoms with Gasteiger partial charge in [0.05, 0.1) is 12.7 Å². The third-order valence-corrected chi connectivity index (χ3v) is 2.28. The molecule has 1 unspecified atom stereocenters. The fourth-order valence-electron chi connectivity index (χ4n) is 1.60. The monoisotopic (exact) mass is 203 g/mol. The number of methoxy groups -OCH3 is 1. The van der Waals surface area contributed by atoms with E-state index < -0.39 is 0 Å². The van der Waals surface area contributed by atoms with Crippen molar-refractivity contribution in [1.29, 1.82) is 0 Å². The maximum absolute atomic E-state index is 9.45. The fourth-order valence-corrected chi connectivity index (χ4v) is 1.60. The molecule has 0 aromatic heterocycles. The lowest BCUT2D eigenvalue weighted by molar-refractivity contribution is 0.0622. The van der Waals surface area contributed by atoms with Gasteiger partial charge in [0.25, 0.3) is 0 Å². The second-order valence-electron chi connectivity index (χ2n) is 3.79. The molecule has 0 radical (unpaired) electrons. The maximum atomic E-state index is 9.45. The molecule has 86 valence electrons. The first-order valence-electron chi connectivity index (χ1n) is 5.64. The van der Waals surface area contributed by atoms with E-state index in [1.807, 2.05) is 0 Å². The van der Waals surface area contributed by atoms with Gasteiger partial charge in [0.15, 0.2) is 0 Å². The first kappa shape index (κ1) is 13.9. The number of nitrogens with one attached hydrogen (secondary N) is 1. The van der Waals surface area contributed by atoms with E-state index in [1.54, 1.807) is 7.11 Å². The van der Waals surface area contributed by atoms with Crippen molar-refractivity contribution in [2.45, 2.75) is 51.7 Å². The Morgan fingerprint density at radius 3 is 2.21 bits per heavy atom. The third kappa shape index (κ3) is 7.30. The number of hydrogen-bond acceptors (Lipinski definition) is 3. The molecule has 3 nitrogen and oxygen atoms in total. The van der Waals surface area contributed by atoms with Crippen LogP contribution >= 0.6 is 0 Å². The lowest BCUT2D eigenvalue weighted by atomic mass is 10.1. The predicted molar refractivity (Wildman–Crippen MR) is 59.5 cm³/mol. The van der Waals surface area contributed by atoms with Crippen molar-refractivity contribution < 1.29 is 9.84 Å². The Morgan fingerprint density at radius 1 is 1.21 bits per heavy atom. The smallest absolute Gasteiger partial charge is 0.0897 e. The summed E-state index contributed by atoms with van der Waals surface area (Å²) in [6, 6.07) is 0.552. The highest BCUT2D eigenvalue weighted by molar-refractivity contribution is 4.68. The zero-order valence-corrected chi connectivity index (χ0v) is 9.75. The Kier molecular flexibility index (Phi) is 9.35. The van der Waals surface area contributed by atoms with Crippen LogP contribution in [0, 0.1) is 0 Å². The van der Waals surface area contributed by atoms with Crippen LogP contribution < -0.4 is 5.32 Å². The molecule has 0 fully saturated rings. The number of aliphatic hydroxyl groups excluding tert-OH is 1. The zero-order valence-electron chi connectivity index (χ0n) is 9.75. The van der Waals surface area contributed by atoms with Gasteiger partial charge in [0.2, 0.25) is 0 Å². The minimum Gasteiger partial charge on any atom is -0.389 e. The predicted octanol–water partition coefficient (Wildman–Crippen LogP) is 1.55. The highest BCUT2D eigenvalue weighted by Crippen LogP contribution is 2.04. The van der Waals surface area contributed by atoms with Crippen molar-refractivity contribution in [3.05, 3.63) is 0 Å². The molecule has 0 heterocycles. The summed E-state index contributed by atoms with van der Waals surface area (Å²) in [5.41, 5.74) is 0. The molecule has 0 aliphatic carbocycles. The Balaban J connectivity index is 3.57. The van der Waals surface area contributed by atoms with Crippen LogP contribution in [-0.2, 0) is 4.74 Å². The topological polar surface area (TPSA) is 41.5 Å². The van der Waals surface area contributed by atoms with Gasteiger partial charge in [-0.3, -0.25) is 0 Å². The van der Waals surface area contributed by atoms with E-state index in [-0.39, 0.29) is 6.10 Å². The normalized spacial score (nSPS) is 13.5. The highest BCUT2D eigenvalue weighted by atomic mass is 16.5. The van der Waals surface area contributed by atoms with Crippen molar-refractivity contribution in [2.75, 3.05) is 20.3 Å². The fraction of sp³-hybridized carbons (Fsp3) is 1.00. The number of ether oxygens (including phenoxy) is 1. The van der Waals surface area contributed by atoms with Gasteiger partial charge in [-0.15, -0.1) is 0 Å². The van der Waals surface area contributed by atoms with E-state index in [4.69, 9.17) is 4.74 Å². The number of hydrogen-bond donors (Lipinski definition) is 2. The van der Waals surface area contributed by atoms with Gasteiger partial charge >= 0.3 is 0 Å². The van der Waals surface area contributed by atoms with Crippen LogP contribution in [-0.4, -0.2) is 37.5 Å². The maximum Gasteiger partial charge on any atom is 0.0897 e. The summed E-state index contributed by atoms with van der Waals surface area (Å²) in [6.07, 6.45) is 4.38. The standard InChI is InChI=1S/C11H25NO2/c1-4-6-10(7-5-2)12-8-11(13)9-14-3/h10-13H,4-9H2,1-3H3. The summed E-state index contributed by atoms with van der Waals surface area (Å²) in [6.45, 7) is 5.43. The van der Waals surface area contributed by atoms with Crippen LogP contribution in [0.5, 0.6) is 0 Å². The van der Waals surface area contributed by atoms with Crippen LogP contribution in [0.2, 0.25) is 0 Å². The summed E-state index contributed by atoms with van der Waals surface area (Å²) < 4.78 is 4.87. The molecule has 2 N–H and O–H groups in total. The first-order chi connectivity index (χ1) is 6.74. The summed E-state index contributed by atoms with van der Waals surface area (Å²) >= 11 is 0. The molecule has 14 heavy (non-hydrogen) atoms. The van der Waals surface area contributed by atoms with E-state index in [1.165, 1.54) is 25.7 Å². The summed E-state index contributed by atoms with van der Waals surface area (Å²) in [5.74, 6) is 0. The zero-order chi connectivity index (χ0) is 10.8. The minimum atomic E-state index is -0.379. The molecule has 0 saturated heterocycles. The molecule has 1 atom stereocenters. The van der Waals surface area contributed by atoms with Crippen molar-refractivity contribution in [2.24, 2.45) is 0 Å². The van der Waals surface area contributed by atoms with Gasteiger partial charge in [-0.1, -0.05) is 26.7 Å². The van der Waals surface area contributed by atoms with Gasteiger partial charge < -0.3 is 15.2 Å². The molecule has 0 bridgehead atoms. The molecule has 3 heteroatoms. The van der Waals surface area contributed by atoms with Gasteiger partial charge in [-0.05, 0) is 12.8 Å². The summed E-state index contributed by atoms with van der Waals surface area (Å²) in [7, 11) is 1.61. The molecule has 0 aliphatic heterocycles. The molecular weight excluding hydrogens is 178 g/mol.